The molecular weight excluding hydrogens is 302 g/mol. The largest absolute Gasteiger partial charge is 0.319 e. The molecule has 0 saturated carbocycles. The number of nitrogens with zero attached hydrogens (tertiary/aromatic N) is 1. The molecule has 0 aliphatic carbocycles. The summed E-state index contributed by atoms with van der Waals surface area (Å²) in [7, 11) is 0. The van der Waals surface area contributed by atoms with Crippen LogP contribution < -0.4 is 5.32 Å². The number of anilines is 1. The van der Waals surface area contributed by atoms with Gasteiger partial charge in [-0.1, -0.05) is 23.2 Å². The van der Waals surface area contributed by atoms with Crippen molar-refractivity contribution in [3.05, 3.63) is 57.1 Å². The first kappa shape index (κ1) is 14.8. The van der Waals surface area contributed by atoms with Gasteiger partial charge in [0, 0.05) is 5.56 Å². The number of pyridine rings is 1. The molecule has 0 aliphatic heterocycles. The normalized spacial score (nSPS) is 10.4. The van der Waals surface area contributed by atoms with Crippen molar-refractivity contribution in [2.75, 3.05) is 5.32 Å². The Labute approximate surface area is 125 Å². The van der Waals surface area contributed by atoms with E-state index in [2.05, 4.69) is 10.3 Å². The van der Waals surface area contributed by atoms with Crippen LogP contribution in [-0.4, -0.2) is 10.9 Å². The average Bonchev–Trinajstić information content (AvgIpc) is 2.36. The van der Waals surface area contributed by atoms with Crippen LogP contribution in [0.2, 0.25) is 10.3 Å². The lowest BCUT2D eigenvalue weighted by Gasteiger charge is -2.10. The number of aromatic nitrogens is 1. The lowest BCUT2D eigenvalue weighted by molar-refractivity contribution is 0.102. The number of aryl methyl sites for hydroxylation is 2. The predicted octanol–water partition coefficient (Wildman–Crippen LogP) is 4.40. The zero-order valence-corrected chi connectivity index (χ0v) is 12.3. The van der Waals surface area contributed by atoms with E-state index in [1.165, 1.54) is 18.2 Å². The Bertz CT molecular complexity index is 666. The molecule has 0 spiro atoms. The lowest BCUT2D eigenvalue weighted by atomic mass is 10.1. The fourth-order valence-corrected chi connectivity index (χ4v) is 2.30. The Kier molecular flexibility index (Phi) is 4.26. The summed E-state index contributed by atoms with van der Waals surface area (Å²) in [5, 5.41) is 3.02. The minimum absolute atomic E-state index is 0.113. The molecule has 0 atom stereocenters. The van der Waals surface area contributed by atoms with E-state index in [9.17, 15) is 9.18 Å². The van der Waals surface area contributed by atoms with Gasteiger partial charge in [0.2, 0.25) is 0 Å². The van der Waals surface area contributed by atoms with Crippen molar-refractivity contribution in [2.45, 2.75) is 13.8 Å². The molecule has 6 heteroatoms. The molecule has 0 aliphatic rings. The van der Waals surface area contributed by atoms with E-state index in [0.29, 0.717) is 22.4 Å². The third kappa shape index (κ3) is 3.08. The molecule has 3 nitrogen and oxygen atoms in total. The quantitative estimate of drug-likeness (QED) is 0.835. The van der Waals surface area contributed by atoms with Crippen molar-refractivity contribution in [1.82, 2.24) is 4.98 Å². The molecule has 1 aromatic heterocycles. The minimum Gasteiger partial charge on any atom is -0.319 e. The Morgan fingerprint density at radius 3 is 2.50 bits per heavy atom. The highest BCUT2D eigenvalue weighted by molar-refractivity contribution is 6.35. The number of amides is 1. The summed E-state index contributed by atoms with van der Waals surface area (Å²) in [5.41, 5.74) is 1.83. The van der Waals surface area contributed by atoms with Crippen LogP contribution in [0, 0.1) is 19.7 Å². The molecule has 1 heterocycles. The highest BCUT2D eigenvalue weighted by atomic mass is 35.5. The molecule has 0 radical (unpaired) electrons. The number of carbonyl (C=O) groups is 1. The van der Waals surface area contributed by atoms with E-state index in [1.807, 2.05) is 0 Å². The number of nitrogens with one attached hydrogen (secondary N) is 1. The van der Waals surface area contributed by atoms with Crippen LogP contribution in [0.3, 0.4) is 0 Å². The number of rotatable bonds is 2. The molecule has 20 heavy (non-hydrogen) atoms. The molecule has 104 valence electrons. The minimum atomic E-state index is -0.387. The van der Waals surface area contributed by atoms with Gasteiger partial charge in [-0.25, -0.2) is 9.37 Å². The predicted molar refractivity (Wildman–Crippen MR) is 78.1 cm³/mol. The SMILES string of the molecule is Cc1cc(C(=O)Nc2c(C)cc(Cl)nc2Cl)ccc1F. The first-order valence-electron chi connectivity index (χ1n) is 5.78. The van der Waals surface area contributed by atoms with Gasteiger partial charge in [0.25, 0.3) is 5.91 Å². The van der Waals surface area contributed by atoms with Crippen molar-refractivity contribution < 1.29 is 9.18 Å². The van der Waals surface area contributed by atoms with Gasteiger partial charge >= 0.3 is 0 Å². The first-order valence-corrected chi connectivity index (χ1v) is 6.54. The number of halogens is 3. The fraction of sp³-hybridized carbons (Fsp3) is 0.143. The summed E-state index contributed by atoms with van der Waals surface area (Å²) in [6, 6.07) is 5.72. The van der Waals surface area contributed by atoms with Crippen molar-refractivity contribution in [3.63, 3.8) is 0 Å². The van der Waals surface area contributed by atoms with Gasteiger partial charge < -0.3 is 5.32 Å². The summed E-state index contributed by atoms with van der Waals surface area (Å²) in [6.45, 7) is 3.35. The molecule has 0 saturated heterocycles. The van der Waals surface area contributed by atoms with Gasteiger partial charge in [-0.3, -0.25) is 4.79 Å². The Morgan fingerprint density at radius 1 is 1.20 bits per heavy atom. The van der Waals surface area contributed by atoms with E-state index in [0.717, 1.165) is 0 Å². The van der Waals surface area contributed by atoms with Gasteiger partial charge in [0.05, 0.1) is 5.69 Å². The van der Waals surface area contributed by atoms with Crippen LogP contribution in [0.25, 0.3) is 0 Å². The van der Waals surface area contributed by atoms with E-state index in [4.69, 9.17) is 23.2 Å². The van der Waals surface area contributed by atoms with Crippen LogP contribution in [0.15, 0.2) is 24.3 Å². The van der Waals surface area contributed by atoms with Crippen LogP contribution in [0.5, 0.6) is 0 Å². The number of carbonyl (C=O) groups excluding carboxylic acids is 1. The van der Waals surface area contributed by atoms with Gasteiger partial charge in [0.15, 0.2) is 5.15 Å². The van der Waals surface area contributed by atoms with Crippen LogP contribution in [-0.2, 0) is 0 Å². The highest BCUT2D eigenvalue weighted by Crippen LogP contribution is 2.27. The van der Waals surface area contributed by atoms with Crippen molar-refractivity contribution in [2.24, 2.45) is 0 Å². The molecule has 1 aromatic carbocycles. The fourth-order valence-electron chi connectivity index (χ4n) is 1.72. The summed E-state index contributed by atoms with van der Waals surface area (Å²) in [6.07, 6.45) is 0. The van der Waals surface area contributed by atoms with E-state index in [1.54, 1.807) is 19.9 Å². The number of hydrogen-bond donors (Lipinski definition) is 1. The standard InChI is InChI=1S/C14H11Cl2FN2O/c1-7-5-9(3-4-10(7)17)14(20)19-12-8(2)6-11(15)18-13(12)16/h3-6H,1-2H3,(H,19,20). The second kappa shape index (κ2) is 5.77. The zero-order valence-electron chi connectivity index (χ0n) is 10.8. The van der Waals surface area contributed by atoms with Gasteiger partial charge in [0.1, 0.15) is 11.0 Å². The molecule has 1 amide bonds. The van der Waals surface area contributed by atoms with Crippen molar-refractivity contribution in [1.29, 1.82) is 0 Å². The number of hydrogen-bond acceptors (Lipinski definition) is 2. The smallest absolute Gasteiger partial charge is 0.255 e. The van der Waals surface area contributed by atoms with E-state index < -0.39 is 0 Å². The average molecular weight is 313 g/mol. The first-order chi connectivity index (χ1) is 9.38. The molecule has 1 N–H and O–H groups in total. The maximum Gasteiger partial charge on any atom is 0.255 e. The van der Waals surface area contributed by atoms with E-state index in [-0.39, 0.29) is 22.0 Å². The maximum atomic E-state index is 13.2. The van der Waals surface area contributed by atoms with Crippen molar-refractivity contribution in [3.8, 4) is 0 Å². The summed E-state index contributed by atoms with van der Waals surface area (Å²) >= 11 is 11.7. The monoisotopic (exact) mass is 312 g/mol. The maximum absolute atomic E-state index is 13.2. The Morgan fingerprint density at radius 2 is 1.90 bits per heavy atom. The highest BCUT2D eigenvalue weighted by Gasteiger charge is 2.13. The lowest BCUT2D eigenvalue weighted by Crippen LogP contribution is -2.14. The third-order valence-electron chi connectivity index (χ3n) is 2.80. The topological polar surface area (TPSA) is 42.0 Å². The summed E-state index contributed by atoms with van der Waals surface area (Å²) in [4.78, 5) is 16.0. The van der Waals surface area contributed by atoms with Gasteiger partial charge in [-0.2, -0.15) is 0 Å². The zero-order chi connectivity index (χ0) is 14.9. The van der Waals surface area contributed by atoms with Crippen LogP contribution >= 0.6 is 23.2 Å². The second-order valence-corrected chi connectivity index (χ2v) is 5.09. The second-order valence-electron chi connectivity index (χ2n) is 4.35. The molecule has 0 fully saturated rings. The molecule has 2 rings (SSSR count). The Hall–Kier alpha value is -1.65. The Balaban J connectivity index is 2.30. The van der Waals surface area contributed by atoms with Crippen LogP contribution in [0.1, 0.15) is 21.5 Å². The van der Waals surface area contributed by atoms with E-state index >= 15 is 0 Å². The molecular formula is C14H11Cl2FN2O. The van der Waals surface area contributed by atoms with Crippen LogP contribution in [0.4, 0.5) is 10.1 Å². The van der Waals surface area contributed by atoms with Gasteiger partial charge in [-0.05, 0) is 49.2 Å². The summed E-state index contributed by atoms with van der Waals surface area (Å²) < 4.78 is 13.2. The number of benzene rings is 1. The molecule has 0 bridgehead atoms. The molecule has 2 aromatic rings. The molecule has 0 unspecified atom stereocenters. The third-order valence-corrected chi connectivity index (χ3v) is 3.27. The van der Waals surface area contributed by atoms with Gasteiger partial charge in [-0.15, -0.1) is 0 Å². The van der Waals surface area contributed by atoms with Crippen molar-refractivity contribution >= 4 is 34.8 Å². The summed E-state index contributed by atoms with van der Waals surface area (Å²) in [5.74, 6) is -0.744.